The number of hydrogen-bond acceptors (Lipinski definition) is 4. The zero-order valence-electron chi connectivity index (χ0n) is 15.7. The molecule has 6 nitrogen and oxygen atoms in total. The smallest absolute Gasteiger partial charge is 0.191 e. The Bertz CT molecular complexity index is 548. The molecule has 0 saturated carbocycles. The molecule has 0 bridgehead atoms. The first-order chi connectivity index (χ1) is 12.8. The van der Waals surface area contributed by atoms with Crippen LogP contribution < -0.4 is 15.4 Å². The van der Waals surface area contributed by atoms with Crippen LogP contribution in [-0.4, -0.2) is 58.1 Å². The van der Waals surface area contributed by atoms with Gasteiger partial charge in [-0.25, -0.2) is 4.99 Å². The van der Waals surface area contributed by atoms with E-state index < -0.39 is 0 Å². The van der Waals surface area contributed by atoms with E-state index >= 15 is 0 Å². The number of aliphatic imine (C=N–C) groups is 1. The summed E-state index contributed by atoms with van der Waals surface area (Å²) in [4.78, 5) is 4.67. The van der Waals surface area contributed by atoms with Crippen molar-refractivity contribution in [2.75, 3.05) is 46.1 Å². The molecule has 6 heteroatoms. The molecule has 0 aromatic heterocycles. The maximum Gasteiger partial charge on any atom is 0.191 e. The minimum Gasteiger partial charge on any atom is -0.488 e. The molecule has 0 radical (unpaired) electrons. The van der Waals surface area contributed by atoms with Crippen molar-refractivity contribution < 1.29 is 14.2 Å². The molecule has 2 heterocycles. The number of hydrogen-bond donors (Lipinski definition) is 2. The summed E-state index contributed by atoms with van der Waals surface area (Å²) >= 11 is 0. The predicted octanol–water partition coefficient (Wildman–Crippen LogP) is 1.99. The predicted molar refractivity (Wildman–Crippen MR) is 103 cm³/mol. The Hall–Kier alpha value is -1.79. The van der Waals surface area contributed by atoms with Crippen LogP contribution in [0.5, 0.6) is 5.75 Å². The fraction of sp³-hybridized carbons (Fsp3) is 0.650. The molecule has 2 unspecified atom stereocenters. The van der Waals surface area contributed by atoms with Gasteiger partial charge in [0.05, 0.1) is 19.8 Å². The van der Waals surface area contributed by atoms with Gasteiger partial charge < -0.3 is 24.8 Å². The van der Waals surface area contributed by atoms with Gasteiger partial charge >= 0.3 is 0 Å². The van der Waals surface area contributed by atoms with Gasteiger partial charge in [0.15, 0.2) is 5.96 Å². The first-order valence-corrected chi connectivity index (χ1v) is 9.77. The van der Waals surface area contributed by atoms with E-state index in [1.807, 2.05) is 12.1 Å². The van der Waals surface area contributed by atoms with Crippen LogP contribution in [0.1, 0.15) is 25.3 Å². The van der Waals surface area contributed by atoms with E-state index in [-0.39, 0.29) is 6.10 Å². The van der Waals surface area contributed by atoms with Crippen molar-refractivity contribution in [1.29, 1.82) is 0 Å². The fourth-order valence-corrected chi connectivity index (χ4v) is 3.24. The Morgan fingerprint density at radius 1 is 1.31 bits per heavy atom. The van der Waals surface area contributed by atoms with Gasteiger partial charge in [-0.05, 0) is 31.4 Å². The van der Waals surface area contributed by atoms with E-state index in [9.17, 15) is 0 Å². The molecule has 1 saturated heterocycles. The lowest BCUT2D eigenvalue weighted by Crippen LogP contribution is -2.39. The van der Waals surface area contributed by atoms with Crippen molar-refractivity contribution in [2.45, 2.75) is 32.3 Å². The molecule has 2 aliphatic heterocycles. The van der Waals surface area contributed by atoms with Gasteiger partial charge in [0.25, 0.3) is 0 Å². The molecular weight excluding hydrogens is 330 g/mol. The van der Waals surface area contributed by atoms with Gasteiger partial charge in [-0.15, -0.1) is 0 Å². The van der Waals surface area contributed by atoms with Gasteiger partial charge in [0.2, 0.25) is 0 Å². The van der Waals surface area contributed by atoms with Gasteiger partial charge in [0.1, 0.15) is 11.9 Å². The lowest BCUT2D eigenvalue weighted by molar-refractivity contribution is 0.0888. The van der Waals surface area contributed by atoms with Gasteiger partial charge in [-0.1, -0.05) is 18.2 Å². The van der Waals surface area contributed by atoms with Crippen molar-refractivity contribution in [3.8, 4) is 5.75 Å². The summed E-state index contributed by atoms with van der Waals surface area (Å²) in [5.74, 6) is 2.42. The number of guanidine groups is 1. The second-order valence-electron chi connectivity index (χ2n) is 6.86. The molecule has 3 rings (SSSR count). The number of nitrogens with zero attached hydrogens (tertiary/aromatic N) is 1. The SMILES string of the molecule is CCNC(=NCC1Cc2ccccc2O1)NCCCOCC1CCOC1. The lowest BCUT2D eigenvalue weighted by atomic mass is 10.1. The fourth-order valence-electron chi connectivity index (χ4n) is 3.24. The van der Waals surface area contributed by atoms with Crippen LogP contribution in [0.2, 0.25) is 0 Å². The van der Waals surface area contributed by atoms with Gasteiger partial charge in [-0.3, -0.25) is 0 Å². The van der Waals surface area contributed by atoms with E-state index in [2.05, 4.69) is 34.7 Å². The van der Waals surface area contributed by atoms with Crippen molar-refractivity contribution >= 4 is 5.96 Å². The maximum absolute atomic E-state index is 5.95. The highest BCUT2D eigenvalue weighted by molar-refractivity contribution is 5.79. The quantitative estimate of drug-likeness (QED) is 0.400. The van der Waals surface area contributed by atoms with Crippen molar-refractivity contribution in [1.82, 2.24) is 10.6 Å². The van der Waals surface area contributed by atoms with Gasteiger partial charge in [-0.2, -0.15) is 0 Å². The molecule has 0 spiro atoms. The Balaban J connectivity index is 1.32. The molecule has 2 aliphatic rings. The van der Waals surface area contributed by atoms with Crippen LogP contribution in [0.3, 0.4) is 0 Å². The molecule has 0 amide bonds. The summed E-state index contributed by atoms with van der Waals surface area (Å²) in [6, 6.07) is 8.22. The topological polar surface area (TPSA) is 64.1 Å². The summed E-state index contributed by atoms with van der Waals surface area (Å²) in [6.07, 6.45) is 3.14. The Kier molecular flexibility index (Phi) is 7.58. The van der Waals surface area contributed by atoms with Crippen LogP contribution in [0.15, 0.2) is 29.3 Å². The number of rotatable bonds is 9. The first kappa shape index (κ1) is 19.0. The molecule has 1 fully saturated rings. The highest BCUT2D eigenvalue weighted by Crippen LogP contribution is 2.28. The standard InChI is InChI=1S/C20H31N3O3/c1-2-21-20(22-9-5-10-24-14-16-8-11-25-15-16)23-13-18-12-17-6-3-4-7-19(17)26-18/h3-4,6-7,16,18H,2,5,8-15H2,1H3,(H2,21,22,23). The minimum absolute atomic E-state index is 0.125. The van der Waals surface area contributed by atoms with E-state index in [0.29, 0.717) is 12.5 Å². The summed E-state index contributed by atoms with van der Waals surface area (Å²) < 4.78 is 17.0. The Morgan fingerprint density at radius 3 is 3.04 bits per heavy atom. The molecule has 1 aromatic rings. The summed E-state index contributed by atoms with van der Waals surface area (Å²) in [6.45, 7) is 7.73. The van der Waals surface area contributed by atoms with E-state index in [1.165, 1.54) is 5.56 Å². The third kappa shape index (κ3) is 5.88. The first-order valence-electron chi connectivity index (χ1n) is 9.77. The molecule has 2 N–H and O–H groups in total. The minimum atomic E-state index is 0.125. The maximum atomic E-state index is 5.95. The number of ether oxygens (including phenoxy) is 3. The lowest BCUT2D eigenvalue weighted by Gasteiger charge is -2.13. The summed E-state index contributed by atoms with van der Waals surface area (Å²) in [7, 11) is 0. The van der Waals surface area contributed by atoms with Crippen LogP contribution in [0, 0.1) is 5.92 Å². The largest absolute Gasteiger partial charge is 0.488 e. The Labute approximate surface area is 156 Å². The third-order valence-electron chi connectivity index (χ3n) is 4.65. The zero-order chi connectivity index (χ0) is 18.0. The van der Waals surface area contributed by atoms with E-state index in [1.54, 1.807) is 0 Å². The van der Waals surface area contributed by atoms with Crippen LogP contribution >= 0.6 is 0 Å². The number of para-hydroxylation sites is 1. The van der Waals surface area contributed by atoms with Crippen LogP contribution in [0.25, 0.3) is 0 Å². The third-order valence-corrected chi connectivity index (χ3v) is 4.65. The monoisotopic (exact) mass is 361 g/mol. The Morgan fingerprint density at radius 2 is 2.23 bits per heavy atom. The zero-order valence-corrected chi connectivity index (χ0v) is 15.7. The highest BCUT2D eigenvalue weighted by Gasteiger charge is 2.21. The highest BCUT2D eigenvalue weighted by atomic mass is 16.5. The van der Waals surface area contributed by atoms with Crippen molar-refractivity contribution in [2.24, 2.45) is 10.9 Å². The van der Waals surface area contributed by atoms with Crippen molar-refractivity contribution in [3.05, 3.63) is 29.8 Å². The summed E-state index contributed by atoms with van der Waals surface area (Å²) in [5.41, 5.74) is 1.27. The summed E-state index contributed by atoms with van der Waals surface area (Å²) in [5, 5.41) is 6.66. The molecular formula is C20H31N3O3. The number of nitrogens with one attached hydrogen (secondary N) is 2. The average Bonchev–Trinajstić information content (AvgIpc) is 3.31. The number of fused-ring (bicyclic) bond motifs is 1. The molecule has 144 valence electrons. The molecule has 2 atom stereocenters. The second-order valence-corrected chi connectivity index (χ2v) is 6.86. The average molecular weight is 361 g/mol. The molecule has 26 heavy (non-hydrogen) atoms. The van der Waals surface area contributed by atoms with Crippen LogP contribution in [0.4, 0.5) is 0 Å². The van der Waals surface area contributed by atoms with Crippen molar-refractivity contribution in [3.63, 3.8) is 0 Å². The van der Waals surface area contributed by atoms with E-state index in [4.69, 9.17) is 14.2 Å². The number of benzene rings is 1. The van der Waals surface area contributed by atoms with E-state index in [0.717, 1.165) is 70.5 Å². The normalized spacial score (nSPS) is 22.1. The van der Waals surface area contributed by atoms with Crippen LogP contribution in [-0.2, 0) is 15.9 Å². The molecule has 1 aromatic carbocycles. The molecule has 0 aliphatic carbocycles. The second kappa shape index (κ2) is 10.4. The van der Waals surface area contributed by atoms with Gasteiger partial charge in [0, 0.05) is 38.6 Å².